The summed E-state index contributed by atoms with van der Waals surface area (Å²) in [5.74, 6) is -0.0831. The Morgan fingerprint density at radius 3 is 2.15 bits per heavy atom. The van der Waals surface area contributed by atoms with Gasteiger partial charge in [0.15, 0.2) is 0 Å². The number of carbonyl (C=O) groups excluding carboxylic acids is 1. The highest BCUT2D eigenvalue weighted by atomic mass is 16.2. The van der Waals surface area contributed by atoms with E-state index in [1.807, 2.05) is 52.0 Å². The SMILES string of the molecule is CCn1c(=O)n(CCC(=O)Nc2c(C)cc(C)cc2C)c2ccccc21. The zero-order valence-corrected chi connectivity index (χ0v) is 15.8. The molecule has 0 saturated heterocycles. The Morgan fingerprint density at radius 1 is 1.00 bits per heavy atom. The molecule has 0 spiro atoms. The summed E-state index contributed by atoms with van der Waals surface area (Å²) in [6.45, 7) is 8.96. The quantitative estimate of drug-likeness (QED) is 0.760. The van der Waals surface area contributed by atoms with E-state index in [1.54, 1.807) is 9.13 Å². The van der Waals surface area contributed by atoms with Gasteiger partial charge in [-0.3, -0.25) is 13.9 Å². The number of fused-ring (bicyclic) bond motifs is 1. The molecule has 1 aromatic heterocycles. The molecule has 0 unspecified atom stereocenters. The average Bonchev–Trinajstić information content (AvgIpc) is 2.87. The van der Waals surface area contributed by atoms with E-state index in [2.05, 4.69) is 17.4 Å². The van der Waals surface area contributed by atoms with Gasteiger partial charge in [0.05, 0.1) is 11.0 Å². The zero-order chi connectivity index (χ0) is 18.8. The standard InChI is InChI=1S/C21H25N3O2/c1-5-23-17-8-6-7-9-18(17)24(21(23)26)11-10-19(25)22-20-15(3)12-14(2)13-16(20)4/h6-9,12-13H,5,10-11H2,1-4H3,(H,22,25). The van der Waals surface area contributed by atoms with Gasteiger partial charge in [0, 0.05) is 25.2 Å². The van der Waals surface area contributed by atoms with Gasteiger partial charge in [-0.25, -0.2) is 4.79 Å². The first kappa shape index (κ1) is 18.0. The van der Waals surface area contributed by atoms with Crippen LogP contribution in [0.2, 0.25) is 0 Å². The summed E-state index contributed by atoms with van der Waals surface area (Å²) in [7, 11) is 0. The van der Waals surface area contributed by atoms with Crippen molar-refractivity contribution in [1.29, 1.82) is 0 Å². The number of rotatable bonds is 5. The van der Waals surface area contributed by atoms with Crippen molar-refractivity contribution >= 4 is 22.6 Å². The Hall–Kier alpha value is -2.82. The second-order valence-corrected chi connectivity index (χ2v) is 6.74. The van der Waals surface area contributed by atoms with Crippen LogP contribution in [0.3, 0.4) is 0 Å². The van der Waals surface area contributed by atoms with Crippen LogP contribution in [0.1, 0.15) is 30.0 Å². The van der Waals surface area contributed by atoms with Crippen LogP contribution in [0.4, 0.5) is 5.69 Å². The Bertz CT molecular complexity index is 1000. The molecular weight excluding hydrogens is 326 g/mol. The van der Waals surface area contributed by atoms with Gasteiger partial charge in [-0.1, -0.05) is 29.8 Å². The predicted octanol–water partition coefficient (Wildman–Crippen LogP) is 3.78. The number of nitrogens with zero attached hydrogens (tertiary/aromatic N) is 2. The number of benzene rings is 2. The van der Waals surface area contributed by atoms with Crippen molar-refractivity contribution in [2.75, 3.05) is 5.32 Å². The van der Waals surface area contributed by atoms with E-state index in [4.69, 9.17) is 0 Å². The third-order valence-corrected chi connectivity index (χ3v) is 4.75. The van der Waals surface area contributed by atoms with Crippen LogP contribution in [0.5, 0.6) is 0 Å². The fraction of sp³-hybridized carbons (Fsp3) is 0.333. The lowest BCUT2D eigenvalue weighted by Crippen LogP contribution is -2.26. The van der Waals surface area contributed by atoms with Gasteiger partial charge in [-0.2, -0.15) is 0 Å². The molecule has 5 nitrogen and oxygen atoms in total. The Kier molecular flexibility index (Phi) is 4.98. The molecule has 0 fully saturated rings. The monoisotopic (exact) mass is 351 g/mol. The predicted molar refractivity (Wildman–Crippen MR) is 106 cm³/mol. The number of nitrogens with one attached hydrogen (secondary N) is 1. The highest BCUT2D eigenvalue weighted by Gasteiger charge is 2.14. The lowest BCUT2D eigenvalue weighted by molar-refractivity contribution is -0.116. The Balaban J connectivity index is 1.80. The van der Waals surface area contributed by atoms with Gasteiger partial charge in [-0.15, -0.1) is 0 Å². The summed E-state index contributed by atoms with van der Waals surface area (Å²) in [6, 6.07) is 11.8. The van der Waals surface area contributed by atoms with Gasteiger partial charge >= 0.3 is 5.69 Å². The molecule has 1 heterocycles. The van der Waals surface area contributed by atoms with Crippen molar-refractivity contribution in [2.24, 2.45) is 0 Å². The third kappa shape index (κ3) is 3.29. The second kappa shape index (κ2) is 7.20. The van der Waals surface area contributed by atoms with Crippen molar-refractivity contribution in [3.05, 3.63) is 63.6 Å². The maximum absolute atomic E-state index is 12.6. The van der Waals surface area contributed by atoms with Crippen molar-refractivity contribution < 1.29 is 4.79 Å². The molecule has 1 amide bonds. The molecule has 0 aliphatic heterocycles. The van der Waals surface area contributed by atoms with Gasteiger partial charge in [0.25, 0.3) is 0 Å². The molecular formula is C21H25N3O2. The Labute approximate surface area is 153 Å². The maximum Gasteiger partial charge on any atom is 0.329 e. The van der Waals surface area contributed by atoms with Crippen molar-refractivity contribution in [3.63, 3.8) is 0 Å². The summed E-state index contributed by atoms with van der Waals surface area (Å²) < 4.78 is 3.43. The fourth-order valence-corrected chi connectivity index (χ4v) is 3.59. The van der Waals surface area contributed by atoms with Crippen LogP contribution in [0.25, 0.3) is 11.0 Å². The fourth-order valence-electron chi connectivity index (χ4n) is 3.59. The van der Waals surface area contributed by atoms with E-state index < -0.39 is 0 Å². The molecule has 0 bridgehead atoms. The van der Waals surface area contributed by atoms with E-state index in [9.17, 15) is 9.59 Å². The van der Waals surface area contributed by atoms with Gasteiger partial charge in [0.2, 0.25) is 5.91 Å². The molecule has 3 rings (SSSR count). The zero-order valence-electron chi connectivity index (χ0n) is 15.8. The summed E-state index contributed by atoms with van der Waals surface area (Å²) in [5, 5.41) is 3.00. The number of aromatic nitrogens is 2. The van der Waals surface area contributed by atoms with Crippen LogP contribution < -0.4 is 11.0 Å². The molecule has 2 aromatic carbocycles. The maximum atomic E-state index is 12.6. The molecule has 5 heteroatoms. The highest BCUT2D eigenvalue weighted by molar-refractivity contribution is 5.92. The average molecular weight is 351 g/mol. The van der Waals surface area contributed by atoms with E-state index >= 15 is 0 Å². The normalized spacial score (nSPS) is 11.1. The second-order valence-electron chi connectivity index (χ2n) is 6.74. The largest absolute Gasteiger partial charge is 0.329 e. The lowest BCUT2D eigenvalue weighted by Gasteiger charge is -2.13. The first-order valence-corrected chi connectivity index (χ1v) is 8.98. The minimum atomic E-state index is -0.0831. The summed E-state index contributed by atoms with van der Waals surface area (Å²) in [6.07, 6.45) is 0.254. The third-order valence-electron chi connectivity index (χ3n) is 4.75. The summed E-state index contributed by atoms with van der Waals surface area (Å²) in [5.41, 5.74) is 5.86. The van der Waals surface area contributed by atoms with E-state index in [0.717, 1.165) is 27.8 Å². The smallest absolute Gasteiger partial charge is 0.326 e. The van der Waals surface area contributed by atoms with Gasteiger partial charge in [0.1, 0.15) is 0 Å². The highest BCUT2D eigenvalue weighted by Crippen LogP contribution is 2.22. The summed E-state index contributed by atoms with van der Waals surface area (Å²) >= 11 is 0. The number of carbonyl (C=O) groups is 1. The molecule has 1 N–H and O–H groups in total. The number of imidazole rings is 1. The minimum absolute atomic E-state index is 0.0656. The molecule has 0 aliphatic rings. The number of aryl methyl sites for hydroxylation is 5. The van der Waals surface area contributed by atoms with Crippen LogP contribution in [-0.2, 0) is 17.9 Å². The lowest BCUT2D eigenvalue weighted by atomic mass is 10.1. The molecule has 3 aromatic rings. The van der Waals surface area contributed by atoms with Crippen molar-refractivity contribution in [2.45, 2.75) is 47.2 Å². The molecule has 136 valence electrons. The first-order chi connectivity index (χ1) is 12.4. The van der Waals surface area contributed by atoms with E-state index in [0.29, 0.717) is 13.1 Å². The van der Waals surface area contributed by atoms with Crippen LogP contribution in [0.15, 0.2) is 41.2 Å². The number of para-hydroxylation sites is 2. The molecule has 0 atom stereocenters. The molecule has 0 saturated carbocycles. The minimum Gasteiger partial charge on any atom is -0.326 e. The van der Waals surface area contributed by atoms with Crippen molar-refractivity contribution in [1.82, 2.24) is 9.13 Å². The molecule has 0 radical (unpaired) electrons. The van der Waals surface area contributed by atoms with Crippen LogP contribution in [0, 0.1) is 20.8 Å². The summed E-state index contributed by atoms with van der Waals surface area (Å²) in [4.78, 5) is 25.1. The first-order valence-electron chi connectivity index (χ1n) is 8.98. The van der Waals surface area contributed by atoms with E-state index in [-0.39, 0.29) is 18.0 Å². The number of hydrogen-bond acceptors (Lipinski definition) is 2. The van der Waals surface area contributed by atoms with Crippen LogP contribution in [-0.4, -0.2) is 15.0 Å². The van der Waals surface area contributed by atoms with Gasteiger partial charge < -0.3 is 5.32 Å². The number of amides is 1. The molecule has 26 heavy (non-hydrogen) atoms. The van der Waals surface area contributed by atoms with Crippen molar-refractivity contribution in [3.8, 4) is 0 Å². The number of anilines is 1. The van der Waals surface area contributed by atoms with Gasteiger partial charge in [-0.05, 0) is 51.0 Å². The van der Waals surface area contributed by atoms with E-state index in [1.165, 1.54) is 5.56 Å². The molecule has 0 aliphatic carbocycles. The Morgan fingerprint density at radius 2 is 1.58 bits per heavy atom. The number of hydrogen-bond donors (Lipinski definition) is 1. The topological polar surface area (TPSA) is 56.0 Å². The van der Waals surface area contributed by atoms with Crippen LogP contribution >= 0.6 is 0 Å².